The summed E-state index contributed by atoms with van der Waals surface area (Å²) in [5.41, 5.74) is 10.5. The Morgan fingerprint density at radius 1 is 1.15 bits per heavy atom. The van der Waals surface area contributed by atoms with Gasteiger partial charge in [0.2, 0.25) is 0 Å². The SMILES string of the molecule is COc1cc(C)c(Br)cc1C(N)c1ccc(Cl)c(C)c1. The molecule has 2 rings (SSSR count). The Morgan fingerprint density at radius 2 is 1.85 bits per heavy atom. The van der Waals surface area contributed by atoms with Crippen LogP contribution in [0.25, 0.3) is 0 Å². The molecular weight excluding hydrogens is 338 g/mol. The fraction of sp³-hybridized carbons (Fsp3) is 0.250. The fourth-order valence-corrected chi connectivity index (χ4v) is 2.61. The largest absolute Gasteiger partial charge is 0.496 e. The lowest BCUT2D eigenvalue weighted by Crippen LogP contribution is -2.13. The van der Waals surface area contributed by atoms with Crippen molar-refractivity contribution in [2.24, 2.45) is 5.73 Å². The van der Waals surface area contributed by atoms with Gasteiger partial charge in [-0.2, -0.15) is 0 Å². The lowest BCUT2D eigenvalue weighted by atomic mass is 9.96. The molecule has 2 aromatic rings. The first-order valence-electron chi connectivity index (χ1n) is 6.29. The van der Waals surface area contributed by atoms with Crippen LogP contribution in [-0.2, 0) is 0 Å². The van der Waals surface area contributed by atoms with Gasteiger partial charge in [0.25, 0.3) is 0 Å². The molecule has 106 valence electrons. The molecule has 0 aliphatic carbocycles. The Balaban J connectivity index is 2.49. The first kappa shape index (κ1) is 15.4. The Labute approximate surface area is 133 Å². The minimum Gasteiger partial charge on any atom is -0.496 e. The molecule has 4 heteroatoms. The zero-order chi connectivity index (χ0) is 14.9. The maximum atomic E-state index is 6.39. The van der Waals surface area contributed by atoms with Crippen LogP contribution in [0.4, 0.5) is 0 Å². The molecule has 2 N–H and O–H groups in total. The third-order valence-electron chi connectivity index (χ3n) is 3.39. The molecule has 0 spiro atoms. The van der Waals surface area contributed by atoms with Gasteiger partial charge < -0.3 is 10.5 Å². The number of rotatable bonds is 3. The molecule has 2 aromatic carbocycles. The van der Waals surface area contributed by atoms with Gasteiger partial charge in [0, 0.05) is 15.1 Å². The van der Waals surface area contributed by atoms with Gasteiger partial charge in [0.05, 0.1) is 13.2 Å². The van der Waals surface area contributed by atoms with E-state index in [2.05, 4.69) is 15.9 Å². The summed E-state index contributed by atoms with van der Waals surface area (Å²) >= 11 is 9.61. The Hall–Kier alpha value is -1.03. The van der Waals surface area contributed by atoms with Gasteiger partial charge in [0.15, 0.2) is 0 Å². The quantitative estimate of drug-likeness (QED) is 0.861. The van der Waals surface area contributed by atoms with Crippen molar-refractivity contribution in [2.45, 2.75) is 19.9 Å². The Kier molecular flexibility index (Phi) is 4.74. The van der Waals surface area contributed by atoms with Crippen LogP contribution in [0.1, 0.15) is 28.3 Å². The second-order valence-corrected chi connectivity index (χ2v) is 6.09. The van der Waals surface area contributed by atoms with Crippen LogP contribution in [0.2, 0.25) is 5.02 Å². The predicted octanol–water partition coefficient (Wildman–Crippen LogP) is 4.78. The van der Waals surface area contributed by atoms with Gasteiger partial charge in [-0.3, -0.25) is 0 Å². The molecular formula is C16H17BrClNO. The van der Waals surface area contributed by atoms with Crippen molar-refractivity contribution in [1.29, 1.82) is 0 Å². The predicted molar refractivity (Wildman–Crippen MR) is 87.7 cm³/mol. The van der Waals surface area contributed by atoms with Gasteiger partial charge >= 0.3 is 0 Å². The number of hydrogen-bond donors (Lipinski definition) is 1. The number of benzene rings is 2. The second kappa shape index (κ2) is 6.17. The topological polar surface area (TPSA) is 35.2 Å². The smallest absolute Gasteiger partial charge is 0.124 e. The van der Waals surface area contributed by atoms with Crippen molar-refractivity contribution in [3.8, 4) is 5.75 Å². The molecule has 2 nitrogen and oxygen atoms in total. The number of aryl methyl sites for hydroxylation is 2. The van der Waals surface area contributed by atoms with Crippen molar-refractivity contribution in [3.05, 3.63) is 62.1 Å². The first-order valence-corrected chi connectivity index (χ1v) is 7.46. The van der Waals surface area contributed by atoms with Gasteiger partial charge in [-0.25, -0.2) is 0 Å². The highest BCUT2D eigenvalue weighted by atomic mass is 79.9. The Morgan fingerprint density at radius 3 is 2.45 bits per heavy atom. The molecule has 0 aliphatic rings. The van der Waals surface area contributed by atoms with E-state index in [1.807, 2.05) is 44.2 Å². The van der Waals surface area contributed by atoms with Crippen molar-refractivity contribution in [2.75, 3.05) is 7.11 Å². The lowest BCUT2D eigenvalue weighted by Gasteiger charge is -2.18. The zero-order valence-electron chi connectivity index (χ0n) is 11.7. The van der Waals surface area contributed by atoms with Crippen molar-refractivity contribution in [3.63, 3.8) is 0 Å². The summed E-state index contributed by atoms with van der Waals surface area (Å²) < 4.78 is 6.47. The summed E-state index contributed by atoms with van der Waals surface area (Å²) in [4.78, 5) is 0. The first-order chi connectivity index (χ1) is 9.43. The van der Waals surface area contributed by atoms with E-state index in [4.69, 9.17) is 22.1 Å². The summed E-state index contributed by atoms with van der Waals surface area (Å²) in [6, 6.07) is 9.60. The molecule has 0 aromatic heterocycles. The molecule has 1 unspecified atom stereocenters. The summed E-state index contributed by atoms with van der Waals surface area (Å²) in [6.45, 7) is 4.00. The number of ether oxygens (including phenoxy) is 1. The van der Waals surface area contributed by atoms with E-state index in [1.165, 1.54) is 0 Å². The minimum atomic E-state index is -0.252. The van der Waals surface area contributed by atoms with E-state index in [0.717, 1.165) is 37.5 Å². The average molecular weight is 355 g/mol. The summed E-state index contributed by atoms with van der Waals surface area (Å²) in [7, 11) is 1.66. The van der Waals surface area contributed by atoms with Crippen molar-refractivity contribution >= 4 is 27.5 Å². The van der Waals surface area contributed by atoms with E-state index < -0.39 is 0 Å². The van der Waals surface area contributed by atoms with Crippen LogP contribution >= 0.6 is 27.5 Å². The summed E-state index contributed by atoms with van der Waals surface area (Å²) in [5, 5.41) is 0.748. The minimum absolute atomic E-state index is 0.252. The average Bonchev–Trinajstić information content (AvgIpc) is 2.43. The highest BCUT2D eigenvalue weighted by Crippen LogP contribution is 2.34. The van der Waals surface area contributed by atoms with Crippen molar-refractivity contribution < 1.29 is 4.74 Å². The van der Waals surface area contributed by atoms with Crippen molar-refractivity contribution in [1.82, 2.24) is 0 Å². The number of nitrogens with two attached hydrogens (primary N) is 1. The zero-order valence-corrected chi connectivity index (χ0v) is 14.0. The highest BCUT2D eigenvalue weighted by Gasteiger charge is 2.16. The van der Waals surface area contributed by atoms with Gasteiger partial charge in [-0.1, -0.05) is 39.7 Å². The Bertz CT molecular complexity index is 643. The maximum Gasteiger partial charge on any atom is 0.124 e. The third-order valence-corrected chi connectivity index (χ3v) is 4.67. The van der Waals surface area contributed by atoms with E-state index in [9.17, 15) is 0 Å². The standard InChI is InChI=1S/C16H17BrClNO/c1-9-7-15(20-3)12(8-13(9)17)16(19)11-4-5-14(18)10(2)6-11/h4-8,16H,19H2,1-3H3. The fourth-order valence-electron chi connectivity index (χ4n) is 2.13. The lowest BCUT2D eigenvalue weighted by molar-refractivity contribution is 0.407. The molecule has 0 amide bonds. The molecule has 0 fully saturated rings. The summed E-state index contributed by atoms with van der Waals surface area (Å²) in [5.74, 6) is 0.797. The van der Waals surface area contributed by atoms with Crippen LogP contribution in [0.3, 0.4) is 0 Å². The third kappa shape index (κ3) is 3.00. The molecule has 0 radical (unpaired) electrons. The van der Waals surface area contributed by atoms with E-state index in [-0.39, 0.29) is 6.04 Å². The number of halogens is 2. The van der Waals surface area contributed by atoms with Crippen LogP contribution in [-0.4, -0.2) is 7.11 Å². The molecule has 20 heavy (non-hydrogen) atoms. The van der Waals surface area contributed by atoms with Gasteiger partial charge in [0.1, 0.15) is 5.75 Å². The van der Waals surface area contributed by atoms with Crippen LogP contribution < -0.4 is 10.5 Å². The molecule has 0 saturated carbocycles. The highest BCUT2D eigenvalue weighted by molar-refractivity contribution is 9.10. The molecule has 0 saturated heterocycles. The van der Waals surface area contributed by atoms with E-state index in [0.29, 0.717) is 0 Å². The number of hydrogen-bond acceptors (Lipinski definition) is 2. The van der Waals surface area contributed by atoms with Crippen LogP contribution in [0.5, 0.6) is 5.75 Å². The van der Waals surface area contributed by atoms with E-state index in [1.54, 1.807) is 7.11 Å². The summed E-state index contributed by atoms with van der Waals surface area (Å²) in [6.07, 6.45) is 0. The van der Waals surface area contributed by atoms with Crippen LogP contribution in [0, 0.1) is 13.8 Å². The van der Waals surface area contributed by atoms with E-state index >= 15 is 0 Å². The molecule has 0 heterocycles. The van der Waals surface area contributed by atoms with Crippen LogP contribution in [0.15, 0.2) is 34.8 Å². The molecule has 1 atom stereocenters. The normalized spacial score (nSPS) is 12.3. The van der Waals surface area contributed by atoms with Gasteiger partial charge in [-0.15, -0.1) is 0 Å². The second-order valence-electron chi connectivity index (χ2n) is 4.83. The molecule has 0 bridgehead atoms. The van der Waals surface area contributed by atoms with Gasteiger partial charge in [-0.05, 0) is 48.7 Å². The molecule has 0 aliphatic heterocycles. The number of methoxy groups -OCH3 is 1. The maximum absolute atomic E-state index is 6.39. The monoisotopic (exact) mass is 353 g/mol.